The summed E-state index contributed by atoms with van der Waals surface area (Å²) in [5.41, 5.74) is 3.85. The van der Waals surface area contributed by atoms with Crippen LogP contribution in [0.4, 0.5) is 10.5 Å². The third-order valence-corrected chi connectivity index (χ3v) is 3.53. The second-order valence-electron chi connectivity index (χ2n) is 6.18. The van der Waals surface area contributed by atoms with Crippen molar-refractivity contribution in [2.45, 2.75) is 39.8 Å². The van der Waals surface area contributed by atoms with Crippen molar-refractivity contribution in [1.82, 2.24) is 19.7 Å². The lowest BCUT2D eigenvalue weighted by Gasteiger charge is -2.08. The molecule has 0 aromatic carbocycles. The number of aromatic nitrogens is 4. The van der Waals surface area contributed by atoms with Crippen molar-refractivity contribution in [2.24, 2.45) is 0 Å². The van der Waals surface area contributed by atoms with Crippen molar-refractivity contribution in [1.29, 1.82) is 0 Å². The molecule has 0 radical (unpaired) electrons. The van der Waals surface area contributed by atoms with Crippen LogP contribution in [0.3, 0.4) is 0 Å². The van der Waals surface area contributed by atoms with E-state index in [1.165, 1.54) is 0 Å². The first-order valence-corrected chi connectivity index (χ1v) is 7.94. The molecule has 0 aliphatic carbocycles. The first-order valence-electron chi connectivity index (χ1n) is 7.94. The zero-order valence-electron chi connectivity index (χ0n) is 14.2. The quantitative estimate of drug-likeness (QED) is 0.759. The van der Waals surface area contributed by atoms with Crippen molar-refractivity contribution >= 4 is 22.8 Å². The second-order valence-corrected chi connectivity index (χ2v) is 6.18. The van der Waals surface area contributed by atoms with Crippen LogP contribution in [0.15, 0.2) is 30.7 Å². The molecule has 1 amide bonds. The van der Waals surface area contributed by atoms with Gasteiger partial charge in [0.2, 0.25) is 0 Å². The lowest BCUT2D eigenvalue weighted by Crippen LogP contribution is -2.17. The average molecular weight is 327 g/mol. The maximum Gasteiger partial charge on any atom is 0.411 e. The van der Waals surface area contributed by atoms with Crippen LogP contribution >= 0.6 is 0 Å². The zero-order valence-corrected chi connectivity index (χ0v) is 14.2. The highest BCUT2D eigenvalue weighted by Gasteiger charge is 2.13. The maximum atomic E-state index is 11.8. The smallest absolute Gasteiger partial charge is 0.411 e. The molecule has 126 valence electrons. The Bertz CT molecular complexity index is 863. The molecule has 0 saturated heterocycles. The van der Waals surface area contributed by atoms with Crippen LogP contribution in [-0.2, 0) is 4.74 Å². The number of carbonyl (C=O) groups is 1. The van der Waals surface area contributed by atoms with Crippen LogP contribution in [0.2, 0.25) is 0 Å². The summed E-state index contributed by atoms with van der Waals surface area (Å²) < 4.78 is 7.00. The van der Waals surface area contributed by atoms with E-state index >= 15 is 0 Å². The van der Waals surface area contributed by atoms with Crippen molar-refractivity contribution in [2.75, 3.05) is 5.32 Å². The molecule has 3 aromatic rings. The van der Waals surface area contributed by atoms with Gasteiger partial charge in [0.05, 0.1) is 29.2 Å². The number of aromatic amines is 1. The number of nitrogens with zero attached hydrogens (tertiary/aromatic N) is 3. The number of fused-ring (bicyclic) bond motifs is 1. The van der Waals surface area contributed by atoms with Crippen LogP contribution in [-0.4, -0.2) is 31.9 Å². The number of hydrogen-bond acceptors (Lipinski definition) is 4. The van der Waals surface area contributed by atoms with Gasteiger partial charge in [-0.3, -0.25) is 10.00 Å². The second kappa shape index (κ2) is 6.35. The summed E-state index contributed by atoms with van der Waals surface area (Å²) in [4.78, 5) is 19.6. The molecule has 3 heterocycles. The predicted octanol–water partition coefficient (Wildman–Crippen LogP) is 3.96. The first kappa shape index (κ1) is 16.0. The lowest BCUT2D eigenvalue weighted by atomic mass is 10.2. The molecule has 7 heteroatoms. The molecule has 0 aliphatic rings. The molecular formula is C17H21N5O2. The number of nitrogens with one attached hydrogen (secondary N) is 2. The highest BCUT2D eigenvalue weighted by atomic mass is 16.6. The van der Waals surface area contributed by atoms with Gasteiger partial charge in [-0.25, -0.2) is 9.78 Å². The predicted molar refractivity (Wildman–Crippen MR) is 92.9 cm³/mol. The van der Waals surface area contributed by atoms with E-state index in [2.05, 4.69) is 34.2 Å². The molecule has 0 bridgehead atoms. The van der Waals surface area contributed by atoms with Crippen LogP contribution in [0, 0.1) is 0 Å². The minimum absolute atomic E-state index is 0.180. The lowest BCUT2D eigenvalue weighted by molar-refractivity contribution is 0.130. The number of amides is 1. The Hall–Kier alpha value is -2.83. The van der Waals surface area contributed by atoms with Gasteiger partial charge in [-0.2, -0.15) is 5.10 Å². The van der Waals surface area contributed by atoms with Gasteiger partial charge in [0.1, 0.15) is 5.52 Å². The van der Waals surface area contributed by atoms with E-state index in [-0.39, 0.29) is 12.1 Å². The van der Waals surface area contributed by atoms with Gasteiger partial charge < -0.3 is 9.72 Å². The number of rotatable bonds is 4. The number of pyridine rings is 1. The number of ether oxygens (including phenoxy) is 1. The minimum Gasteiger partial charge on any atom is -0.447 e. The molecule has 0 unspecified atom stereocenters. The Morgan fingerprint density at radius 2 is 2.08 bits per heavy atom. The SMILES string of the molecule is CC(C)OC(=O)Nc1c[nH]c2ccc(-c3cnn(C(C)C)c3)nc12. The van der Waals surface area contributed by atoms with Crippen LogP contribution in [0.1, 0.15) is 33.7 Å². The summed E-state index contributed by atoms with van der Waals surface area (Å²) in [5.74, 6) is 0. The van der Waals surface area contributed by atoms with Gasteiger partial charge in [0.15, 0.2) is 0 Å². The largest absolute Gasteiger partial charge is 0.447 e. The minimum atomic E-state index is -0.495. The standard InChI is InChI=1S/C17H21N5O2/c1-10(2)22-9-12(7-19-22)13-5-6-14-16(20-13)15(8-18-14)21-17(23)24-11(3)4/h5-11,18H,1-4H3,(H,21,23). The summed E-state index contributed by atoms with van der Waals surface area (Å²) in [6.45, 7) is 7.75. The Balaban J connectivity index is 1.91. The Morgan fingerprint density at radius 1 is 1.29 bits per heavy atom. The molecule has 0 atom stereocenters. The van der Waals surface area contributed by atoms with Crippen molar-refractivity contribution < 1.29 is 9.53 Å². The molecule has 0 spiro atoms. The molecule has 3 aromatic heterocycles. The average Bonchev–Trinajstić information content (AvgIpc) is 3.13. The van der Waals surface area contributed by atoms with E-state index in [4.69, 9.17) is 4.74 Å². The third kappa shape index (κ3) is 3.24. The fraction of sp³-hybridized carbons (Fsp3) is 0.353. The van der Waals surface area contributed by atoms with E-state index in [1.807, 2.05) is 23.0 Å². The number of H-pyrrole nitrogens is 1. The summed E-state index contributed by atoms with van der Waals surface area (Å²) >= 11 is 0. The Kier molecular flexibility index (Phi) is 4.24. The monoisotopic (exact) mass is 327 g/mol. The fourth-order valence-electron chi connectivity index (χ4n) is 2.36. The van der Waals surface area contributed by atoms with E-state index in [1.54, 1.807) is 26.2 Å². The molecule has 2 N–H and O–H groups in total. The third-order valence-electron chi connectivity index (χ3n) is 3.53. The van der Waals surface area contributed by atoms with Gasteiger partial charge in [-0.1, -0.05) is 0 Å². The Morgan fingerprint density at radius 3 is 2.75 bits per heavy atom. The van der Waals surface area contributed by atoms with Crippen molar-refractivity contribution in [3.8, 4) is 11.3 Å². The van der Waals surface area contributed by atoms with Gasteiger partial charge in [0.25, 0.3) is 0 Å². The maximum absolute atomic E-state index is 11.8. The van der Waals surface area contributed by atoms with E-state index in [0.29, 0.717) is 11.2 Å². The summed E-state index contributed by atoms with van der Waals surface area (Å²) in [7, 11) is 0. The van der Waals surface area contributed by atoms with E-state index in [0.717, 1.165) is 16.8 Å². The topological polar surface area (TPSA) is 84.8 Å². The fourth-order valence-corrected chi connectivity index (χ4v) is 2.36. The summed E-state index contributed by atoms with van der Waals surface area (Å²) in [6.07, 6.45) is 4.79. The number of anilines is 1. The highest BCUT2D eigenvalue weighted by molar-refractivity contribution is 5.97. The van der Waals surface area contributed by atoms with Gasteiger partial charge in [0, 0.05) is 24.0 Å². The number of hydrogen-bond donors (Lipinski definition) is 2. The van der Waals surface area contributed by atoms with Crippen molar-refractivity contribution in [3.63, 3.8) is 0 Å². The molecule has 0 fully saturated rings. The molecule has 0 aliphatic heterocycles. The van der Waals surface area contributed by atoms with E-state index < -0.39 is 6.09 Å². The number of carbonyl (C=O) groups excluding carboxylic acids is 1. The normalized spacial score (nSPS) is 11.4. The highest BCUT2D eigenvalue weighted by Crippen LogP contribution is 2.26. The summed E-state index contributed by atoms with van der Waals surface area (Å²) in [5, 5.41) is 7.07. The molecule has 3 rings (SSSR count). The Labute approximate surface area is 140 Å². The van der Waals surface area contributed by atoms with Gasteiger partial charge >= 0.3 is 6.09 Å². The van der Waals surface area contributed by atoms with E-state index in [9.17, 15) is 4.79 Å². The molecule has 0 saturated carbocycles. The first-order chi connectivity index (χ1) is 11.4. The molecule has 24 heavy (non-hydrogen) atoms. The van der Waals surface area contributed by atoms with Crippen LogP contribution < -0.4 is 5.32 Å². The van der Waals surface area contributed by atoms with Gasteiger partial charge in [-0.15, -0.1) is 0 Å². The van der Waals surface area contributed by atoms with Crippen molar-refractivity contribution in [3.05, 3.63) is 30.7 Å². The van der Waals surface area contributed by atoms with Gasteiger partial charge in [-0.05, 0) is 39.8 Å². The van der Waals surface area contributed by atoms with Crippen LogP contribution in [0.5, 0.6) is 0 Å². The molecular weight excluding hydrogens is 306 g/mol. The molecule has 7 nitrogen and oxygen atoms in total. The van der Waals surface area contributed by atoms with Crippen LogP contribution in [0.25, 0.3) is 22.3 Å². The summed E-state index contributed by atoms with van der Waals surface area (Å²) in [6, 6.07) is 4.15. The zero-order chi connectivity index (χ0) is 17.3.